The van der Waals surface area contributed by atoms with Crippen molar-refractivity contribution in [2.45, 2.75) is 13.8 Å². The topological polar surface area (TPSA) is 68.0 Å². The van der Waals surface area contributed by atoms with Crippen LogP contribution in [-0.2, 0) is 0 Å². The van der Waals surface area contributed by atoms with Gasteiger partial charge in [0.15, 0.2) is 0 Å². The third-order valence-corrected chi connectivity index (χ3v) is 2.66. The van der Waals surface area contributed by atoms with Gasteiger partial charge in [-0.15, -0.1) is 0 Å². The molecule has 3 N–H and O–H groups in total. The number of amides is 1. The molecule has 1 amide bonds. The molecule has 18 heavy (non-hydrogen) atoms. The van der Waals surface area contributed by atoms with E-state index in [0.717, 1.165) is 11.3 Å². The van der Waals surface area contributed by atoms with Crippen LogP contribution in [0.25, 0.3) is 0 Å². The highest BCUT2D eigenvalue weighted by atomic mass is 16.1. The summed E-state index contributed by atoms with van der Waals surface area (Å²) >= 11 is 0. The molecule has 4 heteroatoms. The number of hydrogen-bond acceptors (Lipinski definition) is 3. The number of aryl methyl sites for hydroxylation is 2. The maximum absolute atomic E-state index is 12.1. The molecule has 0 radical (unpaired) electrons. The number of carbonyl (C=O) groups excluding carboxylic acids is 1. The fourth-order valence-corrected chi connectivity index (χ4v) is 1.61. The molecule has 0 bridgehead atoms. The first-order chi connectivity index (χ1) is 8.56. The van der Waals surface area contributed by atoms with Crippen LogP contribution in [0.15, 0.2) is 36.5 Å². The van der Waals surface area contributed by atoms with Gasteiger partial charge in [-0.05, 0) is 32.0 Å². The van der Waals surface area contributed by atoms with Gasteiger partial charge in [0.25, 0.3) is 5.91 Å². The van der Waals surface area contributed by atoms with Crippen LogP contribution in [0, 0.1) is 13.8 Å². The number of nitrogens with one attached hydrogen (secondary N) is 1. The molecule has 0 aliphatic heterocycles. The number of benzene rings is 1. The summed E-state index contributed by atoms with van der Waals surface area (Å²) in [4.78, 5) is 16.1. The summed E-state index contributed by atoms with van der Waals surface area (Å²) in [5.74, 6) is -0.198. The summed E-state index contributed by atoms with van der Waals surface area (Å²) in [7, 11) is 0. The van der Waals surface area contributed by atoms with Crippen LogP contribution in [0.3, 0.4) is 0 Å². The molecule has 0 saturated heterocycles. The highest BCUT2D eigenvalue weighted by Crippen LogP contribution is 2.14. The average molecular weight is 241 g/mol. The van der Waals surface area contributed by atoms with Crippen molar-refractivity contribution in [1.82, 2.24) is 4.98 Å². The summed E-state index contributed by atoms with van der Waals surface area (Å²) in [5, 5.41) is 2.82. The van der Waals surface area contributed by atoms with Crippen LogP contribution in [0.4, 0.5) is 11.4 Å². The highest BCUT2D eigenvalue weighted by Gasteiger charge is 2.10. The fraction of sp³-hybridized carbons (Fsp3) is 0.143. The van der Waals surface area contributed by atoms with Crippen LogP contribution >= 0.6 is 0 Å². The Bertz CT molecular complexity index is 576. The summed E-state index contributed by atoms with van der Waals surface area (Å²) in [5.41, 5.74) is 9.18. The van der Waals surface area contributed by atoms with Crippen molar-refractivity contribution >= 4 is 17.3 Å². The Kier molecular flexibility index (Phi) is 3.28. The zero-order valence-corrected chi connectivity index (χ0v) is 10.4. The lowest BCUT2D eigenvalue weighted by Gasteiger charge is -2.08. The average Bonchev–Trinajstić information content (AvgIpc) is 2.35. The molecule has 2 aromatic rings. The van der Waals surface area contributed by atoms with Gasteiger partial charge in [-0.2, -0.15) is 0 Å². The van der Waals surface area contributed by atoms with Crippen LogP contribution < -0.4 is 11.1 Å². The Morgan fingerprint density at radius 2 is 1.89 bits per heavy atom. The Balaban J connectivity index is 2.21. The van der Waals surface area contributed by atoms with Gasteiger partial charge in [-0.25, -0.2) is 0 Å². The van der Waals surface area contributed by atoms with E-state index in [2.05, 4.69) is 10.3 Å². The van der Waals surface area contributed by atoms with E-state index in [0.29, 0.717) is 16.9 Å². The molecular formula is C14H15N3O. The first-order valence-electron chi connectivity index (χ1n) is 5.66. The maximum Gasteiger partial charge on any atom is 0.257 e. The van der Waals surface area contributed by atoms with E-state index >= 15 is 0 Å². The van der Waals surface area contributed by atoms with Crippen molar-refractivity contribution in [2.75, 3.05) is 11.1 Å². The van der Waals surface area contributed by atoms with Crippen molar-refractivity contribution in [3.05, 3.63) is 53.3 Å². The molecule has 1 aromatic carbocycles. The number of hydrogen-bond donors (Lipinski definition) is 2. The highest BCUT2D eigenvalue weighted by molar-refractivity contribution is 6.05. The minimum Gasteiger partial charge on any atom is -0.397 e. The summed E-state index contributed by atoms with van der Waals surface area (Å²) in [6, 6.07) is 9.25. The van der Waals surface area contributed by atoms with Crippen molar-refractivity contribution < 1.29 is 4.79 Å². The molecule has 2 rings (SSSR count). The maximum atomic E-state index is 12.1. The second-order valence-corrected chi connectivity index (χ2v) is 4.22. The number of nitrogens with two attached hydrogens (primary N) is 1. The lowest BCUT2D eigenvalue weighted by molar-refractivity contribution is 0.102. The third-order valence-electron chi connectivity index (χ3n) is 2.66. The number of carbonyl (C=O) groups is 1. The van der Waals surface area contributed by atoms with Crippen molar-refractivity contribution in [2.24, 2.45) is 0 Å². The first kappa shape index (κ1) is 12.1. The standard InChI is InChI=1S/C14H15N3O/c1-9-3-5-12(6-4-9)17-14(18)13-7-11(15)8-16-10(13)2/h3-8H,15H2,1-2H3,(H,17,18). The molecular weight excluding hydrogens is 226 g/mol. The second kappa shape index (κ2) is 4.87. The largest absolute Gasteiger partial charge is 0.397 e. The molecule has 0 unspecified atom stereocenters. The van der Waals surface area contributed by atoms with Crippen LogP contribution in [-0.4, -0.2) is 10.9 Å². The van der Waals surface area contributed by atoms with Gasteiger partial charge in [0.05, 0.1) is 23.1 Å². The molecule has 1 aromatic heterocycles. The number of nitrogens with zero attached hydrogens (tertiary/aromatic N) is 1. The van der Waals surface area contributed by atoms with Gasteiger partial charge in [0.2, 0.25) is 0 Å². The van der Waals surface area contributed by atoms with Gasteiger partial charge >= 0.3 is 0 Å². The van der Waals surface area contributed by atoms with Gasteiger partial charge in [0.1, 0.15) is 0 Å². The minimum absolute atomic E-state index is 0.198. The Hall–Kier alpha value is -2.36. The van der Waals surface area contributed by atoms with E-state index < -0.39 is 0 Å². The molecule has 0 fully saturated rings. The monoisotopic (exact) mass is 241 g/mol. The van der Waals surface area contributed by atoms with E-state index in [1.807, 2.05) is 31.2 Å². The molecule has 92 valence electrons. The van der Waals surface area contributed by atoms with Crippen LogP contribution in [0.2, 0.25) is 0 Å². The van der Waals surface area contributed by atoms with E-state index in [9.17, 15) is 4.79 Å². The molecule has 0 atom stereocenters. The van der Waals surface area contributed by atoms with E-state index in [1.165, 1.54) is 6.20 Å². The van der Waals surface area contributed by atoms with Crippen molar-refractivity contribution in [3.8, 4) is 0 Å². The number of rotatable bonds is 2. The van der Waals surface area contributed by atoms with E-state index in [4.69, 9.17) is 5.73 Å². The van der Waals surface area contributed by atoms with Gasteiger partial charge in [-0.1, -0.05) is 17.7 Å². The smallest absolute Gasteiger partial charge is 0.257 e. The fourth-order valence-electron chi connectivity index (χ4n) is 1.61. The summed E-state index contributed by atoms with van der Waals surface area (Å²) < 4.78 is 0. The molecule has 0 aliphatic carbocycles. The predicted molar refractivity (Wildman–Crippen MR) is 72.5 cm³/mol. The second-order valence-electron chi connectivity index (χ2n) is 4.22. The quantitative estimate of drug-likeness (QED) is 0.849. The third kappa shape index (κ3) is 2.66. The first-order valence-corrected chi connectivity index (χ1v) is 5.66. The lowest BCUT2D eigenvalue weighted by Crippen LogP contribution is -2.14. The van der Waals surface area contributed by atoms with E-state index in [-0.39, 0.29) is 5.91 Å². The van der Waals surface area contributed by atoms with Crippen LogP contribution in [0.5, 0.6) is 0 Å². The zero-order chi connectivity index (χ0) is 13.1. The zero-order valence-electron chi connectivity index (χ0n) is 10.4. The molecule has 0 spiro atoms. The van der Waals surface area contributed by atoms with E-state index in [1.54, 1.807) is 13.0 Å². The molecule has 0 saturated carbocycles. The molecule has 0 aliphatic rings. The Morgan fingerprint density at radius 1 is 1.22 bits per heavy atom. The van der Waals surface area contributed by atoms with Gasteiger partial charge in [-0.3, -0.25) is 9.78 Å². The molecule has 4 nitrogen and oxygen atoms in total. The number of aromatic nitrogens is 1. The van der Waals surface area contributed by atoms with Crippen molar-refractivity contribution in [3.63, 3.8) is 0 Å². The Labute approximate surface area is 106 Å². The summed E-state index contributed by atoms with van der Waals surface area (Å²) in [6.45, 7) is 3.78. The van der Waals surface area contributed by atoms with Crippen LogP contribution in [0.1, 0.15) is 21.6 Å². The summed E-state index contributed by atoms with van der Waals surface area (Å²) in [6.07, 6.45) is 1.54. The number of anilines is 2. The number of pyridine rings is 1. The lowest BCUT2D eigenvalue weighted by atomic mass is 10.1. The normalized spacial score (nSPS) is 10.1. The number of nitrogen functional groups attached to an aromatic ring is 1. The molecule has 1 heterocycles. The SMILES string of the molecule is Cc1ccc(NC(=O)c2cc(N)cnc2C)cc1. The van der Waals surface area contributed by atoms with Gasteiger partial charge in [0, 0.05) is 5.69 Å². The Morgan fingerprint density at radius 3 is 2.56 bits per heavy atom. The van der Waals surface area contributed by atoms with Crippen molar-refractivity contribution in [1.29, 1.82) is 0 Å². The van der Waals surface area contributed by atoms with Gasteiger partial charge < -0.3 is 11.1 Å². The minimum atomic E-state index is -0.198. The predicted octanol–water partition coefficient (Wildman–Crippen LogP) is 2.53.